The van der Waals surface area contributed by atoms with Crippen molar-refractivity contribution in [3.63, 3.8) is 0 Å². The smallest absolute Gasteiger partial charge is 0.238 e. The van der Waals surface area contributed by atoms with E-state index in [1.807, 2.05) is 25.6 Å². The molecule has 0 unspecified atom stereocenters. The van der Waals surface area contributed by atoms with Crippen LogP contribution in [0.2, 0.25) is 0 Å². The molecule has 3 aromatic rings. The van der Waals surface area contributed by atoms with Crippen molar-refractivity contribution in [2.75, 3.05) is 6.54 Å². The molecular weight excluding hydrogens is 322 g/mol. The van der Waals surface area contributed by atoms with E-state index in [9.17, 15) is 4.79 Å². The molecule has 0 saturated carbocycles. The third-order valence-corrected chi connectivity index (χ3v) is 4.13. The van der Waals surface area contributed by atoms with Gasteiger partial charge in [-0.2, -0.15) is 10.1 Å². The van der Waals surface area contributed by atoms with Crippen molar-refractivity contribution in [3.8, 4) is 11.6 Å². The van der Waals surface area contributed by atoms with Crippen molar-refractivity contribution in [1.82, 2.24) is 25.2 Å². The van der Waals surface area contributed by atoms with Gasteiger partial charge >= 0.3 is 0 Å². The first-order chi connectivity index (χ1) is 12.0. The number of carbonyl (C=O) groups excluding carboxylic acids is 1. The number of furan rings is 1. The first-order valence-electron chi connectivity index (χ1n) is 8.17. The van der Waals surface area contributed by atoms with Crippen LogP contribution in [-0.2, 0) is 24.7 Å². The number of carbonyl (C=O) groups is 1. The van der Waals surface area contributed by atoms with Crippen LogP contribution in [0, 0.1) is 13.8 Å². The second-order valence-corrected chi connectivity index (χ2v) is 5.86. The number of aromatic nitrogens is 4. The molecule has 0 bridgehead atoms. The molecule has 0 saturated heterocycles. The topological polar surface area (TPSA) is 99.0 Å². The Morgan fingerprint density at radius 2 is 2.16 bits per heavy atom. The van der Waals surface area contributed by atoms with Gasteiger partial charge in [-0.1, -0.05) is 5.16 Å². The monoisotopic (exact) mass is 343 g/mol. The molecule has 132 valence electrons. The fourth-order valence-electron chi connectivity index (χ4n) is 2.68. The zero-order valence-corrected chi connectivity index (χ0v) is 14.6. The van der Waals surface area contributed by atoms with E-state index < -0.39 is 0 Å². The Hall–Kier alpha value is -2.90. The van der Waals surface area contributed by atoms with Gasteiger partial charge in [-0.05, 0) is 38.0 Å². The maximum absolute atomic E-state index is 12.0. The highest BCUT2D eigenvalue weighted by atomic mass is 16.5. The lowest BCUT2D eigenvalue weighted by Gasteiger charge is -2.05. The van der Waals surface area contributed by atoms with Gasteiger partial charge in [0.05, 0.1) is 12.0 Å². The predicted molar refractivity (Wildman–Crippen MR) is 89.7 cm³/mol. The normalized spacial score (nSPS) is 11.0. The molecule has 3 rings (SSSR count). The molecule has 3 heterocycles. The summed E-state index contributed by atoms with van der Waals surface area (Å²) in [5, 5.41) is 11.1. The first-order valence-corrected chi connectivity index (χ1v) is 8.17. The summed E-state index contributed by atoms with van der Waals surface area (Å²) in [6.45, 7) is 4.59. The highest BCUT2D eigenvalue weighted by Gasteiger charge is 2.13. The van der Waals surface area contributed by atoms with E-state index in [2.05, 4.69) is 20.6 Å². The van der Waals surface area contributed by atoms with Gasteiger partial charge in [0, 0.05) is 32.1 Å². The van der Waals surface area contributed by atoms with E-state index >= 15 is 0 Å². The molecule has 8 heteroatoms. The number of hydrogen-bond donors (Lipinski definition) is 1. The molecule has 1 amide bonds. The van der Waals surface area contributed by atoms with Crippen LogP contribution in [0.15, 0.2) is 27.3 Å². The Morgan fingerprint density at radius 1 is 1.32 bits per heavy atom. The highest BCUT2D eigenvalue weighted by Crippen LogP contribution is 2.16. The largest absolute Gasteiger partial charge is 0.461 e. The minimum atomic E-state index is -0.0445. The summed E-state index contributed by atoms with van der Waals surface area (Å²) >= 11 is 0. The number of nitrogens with zero attached hydrogens (tertiary/aromatic N) is 4. The Kier molecular flexibility index (Phi) is 4.97. The summed E-state index contributed by atoms with van der Waals surface area (Å²) in [4.78, 5) is 16.2. The Balaban J connectivity index is 1.44. The molecule has 0 aromatic carbocycles. The molecule has 0 fully saturated rings. The van der Waals surface area contributed by atoms with E-state index in [-0.39, 0.29) is 5.91 Å². The lowest BCUT2D eigenvalue weighted by atomic mass is 10.1. The average molecular weight is 343 g/mol. The Morgan fingerprint density at radius 3 is 2.84 bits per heavy atom. The van der Waals surface area contributed by atoms with E-state index in [0.717, 1.165) is 17.8 Å². The van der Waals surface area contributed by atoms with Crippen LogP contribution < -0.4 is 5.32 Å². The molecule has 0 atom stereocenters. The van der Waals surface area contributed by atoms with Crippen molar-refractivity contribution in [2.24, 2.45) is 7.05 Å². The quantitative estimate of drug-likeness (QED) is 0.704. The van der Waals surface area contributed by atoms with Crippen molar-refractivity contribution in [3.05, 3.63) is 41.2 Å². The molecule has 0 spiro atoms. The number of hydrogen-bond acceptors (Lipinski definition) is 6. The van der Waals surface area contributed by atoms with Gasteiger partial charge < -0.3 is 14.3 Å². The summed E-state index contributed by atoms with van der Waals surface area (Å²) in [5.41, 5.74) is 3.32. The zero-order chi connectivity index (χ0) is 17.8. The summed E-state index contributed by atoms with van der Waals surface area (Å²) in [6.07, 6.45) is 3.00. The Bertz CT molecular complexity index is 848. The van der Waals surface area contributed by atoms with Crippen molar-refractivity contribution in [2.45, 2.75) is 33.1 Å². The predicted octanol–water partition coefficient (Wildman–Crippen LogP) is 1.97. The van der Waals surface area contributed by atoms with Gasteiger partial charge in [-0.3, -0.25) is 9.48 Å². The van der Waals surface area contributed by atoms with Crippen LogP contribution >= 0.6 is 0 Å². The SMILES string of the molecule is Cc1nn(C)c(C)c1CCNC(=O)CCc1nc(-c2ccco2)no1. The minimum Gasteiger partial charge on any atom is -0.461 e. The zero-order valence-electron chi connectivity index (χ0n) is 14.6. The average Bonchev–Trinajstić information content (AvgIpc) is 3.30. The number of nitrogens with one attached hydrogen (secondary N) is 1. The number of amides is 1. The lowest BCUT2D eigenvalue weighted by molar-refractivity contribution is -0.121. The molecular formula is C17H21N5O3. The molecule has 3 aromatic heterocycles. The van der Waals surface area contributed by atoms with Gasteiger partial charge in [0.1, 0.15) is 0 Å². The van der Waals surface area contributed by atoms with Crippen LogP contribution in [0.5, 0.6) is 0 Å². The summed E-state index contributed by atoms with van der Waals surface area (Å²) < 4.78 is 12.2. The lowest BCUT2D eigenvalue weighted by Crippen LogP contribution is -2.26. The molecule has 0 aliphatic rings. The van der Waals surface area contributed by atoms with Crippen molar-refractivity contribution < 1.29 is 13.7 Å². The highest BCUT2D eigenvalue weighted by molar-refractivity contribution is 5.76. The van der Waals surface area contributed by atoms with Gasteiger partial charge in [0.15, 0.2) is 5.76 Å². The fourth-order valence-corrected chi connectivity index (χ4v) is 2.68. The first kappa shape index (κ1) is 16.9. The molecule has 1 N–H and O–H groups in total. The van der Waals surface area contributed by atoms with Crippen molar-refractivity contribution in [1.29, 1.82) is 0 Å². The standard InChI is InChI=1S/C17H21N5O3/c1-11-13(12(2)22(3)20-11)8-9-18-15(23)6-7-16-19-17(21-25-16)14-5-4-10-24-14/h4-5,10H,6-9H2,1-3H3,(H,18,23). The van der Waals surface area contributed by atoms with Gasteiger partial charge in [0.2, 0.25) is 17.6 Å². The third-order valence-electron chi connectivity index (χ3n) is 4.13. The van der Waals surface area contributed by atoms with Crippen LogP contribution in [0.25, 0.3) is 11.6 Å². The number of rotatable bonds is 7. The minimum absolute atomic E-state index is 0.0445. The summed E-state index contributed by atoms with van der Waals surface area (Å²) in [6, 6.07) is 3.51. The molecule has 25 heavy (non-hydrogen) atoms. The van der Waals surface area contributed by atoms with Crippen molar-refractivity contribution >= 4 is 5.91 Å². The summed E-state index contributed by atoms with van der Waals surface area (Å²) in [7, 11) is 1.92. The van der Waals surface area contributed by atoms with Crippen LogP contribution in [0.4, 0.5) is 0 Å². The second kappa shape index (κ2) is 7.33. The van der Waals surface area contributed by atoms with Crippen LogP contribution in [0.1, 0.15) is 29.3 Å². The molecule has 0 radical (unpaired) electrons. The molecule has 0 aliphatic carbocycles. The third kappa shape index (κ3) is 3.96. The van der Waals surface area contributed by atoms with E-state index in [1.54, 1.807) is 18.4 Å². The maximum atomic E-state index is 12.0. The maximum Gasteiger partial charge on any atom is 0.238 e. The van der Waals surface area contributed by atoms with Gasteiger partial charge in [-0.15, -0.1) is 0 Å². The van der Waals surface area contributed by atoms with E-state index in [4.69, 9.17) is 8.94 Å². The number of aryl methyl sites for hydroxylation is 3. The molecule has 0 aliphatic heterocycles. The Labute approximate surface area is 145 Å². The van der Waals surface area contributed by atoms with Gasteiger partial charge in [-0.25, -0.2) is 0 Å². The van der Waals surface area contributed by atoms with E-state index in [1.165, 1.54) is 5.56 Å². The summed E-state index contributed by atoms with van der Waals surface area (Å²) in [5.74, 6) is 1.31. The molecule has 8 nitrogen and oxygen atoms in total. The van der Waals surface area contributed by atoms with E-state index in [0.29, 0.717) is 36.9 Å². The fraction of sp³-hybridized carbons (Fsp3) is 0.412. The second-order valence-electron chi connectivity index (χ2n) is 5.86. The van der Waals surface area contributed by atoms with Crippen LogP contribution in [-0.4, -0.2) is 32.4 Å². The van der Waals surface area contributed by atoms with Gasteiger partial charge in [0.25, 0.3) is 0 Å². The van der Waals surface area contributed by atoms with Crippen LogP contribution in [0.3, 0.4) is 0 Å².